The number of aliphatic hydroxyl groups excluding tert-OH is 4. The summed E-state index contributed by atoms with van der Waals surface area (Å²) in [5.41, 5.74) is 0. The Hall–Kier alpha value is 1.91. The molecule has 0 bridgehead atoms. The molecule has 1 saturated heterocycles. The normalized spacial score (nSPS) is 36.4. The average Bonchev–Trinajstić information content (AvgIpc) is 2.17. The third-order valence-electron chi connectivity index (χ3n) is 2.08. The zero-order chi connectivity index (χ0) is 12.5. The van der Waals surface area contributed by atoms with Crippen molar-refractivity contribution in [3.63, 3.8) is 0 Å². The van der Waals surface area contributed by atoms with Gasteiger partial charge in [-0.1, -0.05) is 0 Å². The maximum absolute atomic E-state index is 10.3. The molecular formula is C6H11Na2O9P. The number of phosphoric ester groups is 1. The van der Waals surface area contributed by atoms with E-state index in [0.29, 0.717) is 0 Å². The molecule has 96 valence electrons. The van der Waals surface area contributed by atoms with Crippen molar-refractivity contribution in [3.05, 3.63) is 0 Å². The Morgan fingerprint density at radius 3 is 2.00 bits per heavy atom. The summed E-state index contributed by atoms with van der Waals surface area (Å²) in [7, 11) is -5.41. The minimum Gasteiger partial charge on any atom is -0.790 e. The third-order valence-corrected chi connectivity index (χ3v) is 2.55. The second-order valence-corrected chi connectivity index (χ2v) is 4.36. The van der Waals surface area contributed by atoms with Gasteiger partial charge in [0.25, 0.3) is 0 Å². The Balaban J connectivity index is 0. The molecule has 1 heterocycles. The molecule has 18 heavy (non-hydrogen) atoms. The van der Waals surface area contributed by atoms with E-state index in [9.17, 15) is 29.7 Å². The monoisotopic (exact) mass is 304 g/mol. The van der Waals surface area contributed by atoms with Gasteiger partial charge in [0, 0.05) is 0 Å². The van der Waals surface area contributed by atoms with Gasteiger partial charge in [-0.05, 0) is 0 Å². The number of aliphatic hydroxyl groups is 4. The third kappa shape index (κ3) is 6.13. The molecule has 0 aliphatic carbocycles. The summed E-state index contributed by atoms with van der Waals surface area (Å²) in [6.07, 6.45) is -8.61. The van der Waals surface area contributed by atoms with Gasteiger partial charge in [0.05, 0.1) is 14.4 Å². The molecule has 1 rings (SSSR count). The molecule has 0 aromatic carbocycles. The summed E-state index contributed by atoms with van der Waals surface area (Å²) in [6, 6.07) is 0. The van der Waals surface area contributed by atoms with Crippen LogP contribution in [0, 0.1) is 0 Å². The molecule has 9 nitrogen and oxygen atoms in total. The largest absolute Gasteiger partial charge is 1.00 e. The van der Waals surface area contributed by atoms with Gasteiger partial charge >= 0.3 is 59.1 Å². The summed E-state index contributed by atoms with van der Waals surface area (Å²) in [5.74, 6) is 0. The first-order valence-electron chi connectivity index (χ1n) is 4.27. The van der Waals surface area contributed by atoms with Crippen LogP contribution in [0.15, 0.2) is 0 Å². The van der Waals surface area contributed by atoms with Crippen molar-refractivity contribution in [1.82, 2.24) is 0 Å². The molecule has 1 aliphatic rings. The maximum atomic E-state index is 10.3. The molecule has 0 aromatic rings. The Morgan fingerprint density at radius 2 is 1.61 bits per heavy atom. The first-order valence-corrected chi connectivity index (χ1v) is 5.73. The fourth-order valence-corrected chi connectivity index (χ4v) is 1.71. The first kappa shape index (κ1) is 22.2. The van der Waals surface area contributed by atoms with Crippen LogP contribution in [0.2, 0.25) is 0 Å². The number of hydrogen-bond acceptors (Lipinski definition) is 9. The van der Waals surface area contributed by atoms with Crippen molar-refractivity contribution < 1.29 is 103 Å². The second-order valence-electron chi connectivity index (χ2n) is 3.25. The van der Waals surface area contributed by atoms with Crippen LogP contribution in [0.25, 0.3) is 0 Å². The summed E-state index contributed by atoms with van der Waals surface area (Å²) in [6.45, 7) is -0.743. The van der Waals surface area contributed by atoms with Gasteiger partial charge in [0.1, 0.15) is 24.4 Å². The summed E-state index contributed by atoms with van der Waals surface area (Å²) < 4.78 is 18.7. The number of hydrogen-bond donors (Lipinski definition) is 4. The molecule has 1 aliphatic heterocycles. The maximum Gasteiger partial charge on any atom is 1.00 e. The van der Waals surface area contributed by atoms with E-state index in [1.165, 1.54) is 0 Å². The molecule has 0 unspecified atom stereocenters. The summed E-state index contributed by atoms with van der Waals surface area (Å²) >= 11 is 0. The molecule has 0 spiro atoms. The van der Waals surface area contributed by atoms with Crippen LogP contribution in [-0.2, 0) is 13.8 Å². The van der Waals surface area contributed by atoms with Gasteiger partial charge in [0.15, 0.2) is 6.29 Å². The number of phosphoric acid groups is 1. The van der Waals surface area contributed by atoms with Crippen LogP contribution in [-0.4, -0.2) is 57.7 Å². The van der Waals surface area contributed by atoms with E-state index in [1.807, 2.05) is 0 Å². The van der Waals surface area contributed by atoms with Crippen LogP contribution >= 0.6 is 7.82 Å². The van der Waals surface area contributed by atoms with Crippen molar-refractivity contribution in [2.24, 2.45) is 0 Å². The molecule has 5 atom stereocenters. The molecule has 0 radical (unpaired) electrons. The van der Waals surface area contributed by atoms with E-state index in [1.54, 1.807) is 0 Å². The van der Waals surface area contributed by atoms with E-state index in [4.69, 9.17) is 5.11 Å². The molecule has 1 fully saturated rings. The predicted octanol–water partition coefficient (Wildman–Crippen LogP) is -10.4. The molecule has 0 amide bonds. The molecule has 12 heteroatoms. The SMILES string of the molecule is O=P([O-])([O-])O[C@H]1O[C@H](CO)[C@@H](O)[C@H](O)[C@@H]1O.[Na+].[Na+]. The van der Waals surface area contributed by atoms with Crippen molar-refractivity contribution in [2.75, 3.05) is 6.61 Å². The van der Waals surface area contributed by atoms with Crippen LogP contribution in [0.1, 0.15) is 0 Å². The van der Waals surface area contributed by atoms with Crippen LogP contribution in [0.3, 0.4) is 0 Å². The van der Waals surface area contributed by atoms with Gasteiger partial charge in [-0.15, -0.1) is 0 Å². The van der Waals surface area contributed by atoms with Crippen LogP contribution in [0.5, 0.6) is 0 Å². The molecular weight excluding hydrogens is 293 g/mol. The molecule has 4 N–H and O–H groups in total. The van der Waals surface area contributed by atoms with E-state index in [0.717, 1.165) is 0 Å². The van der Waals surface area contributed by atoms with Crippen LogP contribution < -0.4 is 68.9 Å². The van der Waals surface area contributed by atoms with Gasteiger partial charge in [-0.3, -0.25) is 0 Å². The van der Waals surface area contributed by atoms with Gasteiger partial charge in [-0.25, -0.2) is 0 Å². The van der Waals surface area contributed by atoms with Gasteiger partial charge in [0.2, 0.25) is 0 Å². The Kier molecular flexibility index (Phi) is 11.1. The Labute approximate surface area is 147 Å². The van der Waals surface area contributed by atoms with E-state index < -0.39 is 45.1 Å². The van der Waals surface area contributed by atoms with Crippen molar-refractivity contribution >= 4 is 7.82 Å². The fourth-order valence-electron chi connectivity index (χ4n) is 1.28. The Bertz CT molecular complexity index is 284. The topological polar surface area (TPSA) is 163 Å². The van der Waals surface area contributed by atoms with Crippen molar-refractivity contribution in [1.29, 1.82) is 0 Å². The van der Waals surface area contributed by atoms with Gasteiger partial charge in [-0.2, -0.15) is 0 Å². The Morgan fingerprint density at radius 1 is 1.11 bits per heavy atom. The van der Waals surface area contributed by atoms with Crippen LogP contribution in [0.4, 0.5) is 0 Å². The quantitative estimate of drug-likeness (QED) is 0.293. The minimum atomic E-state index is -5.41. The zero-order valence-electron chi connectivity index (χ0n) is 9.87. The van der Waals surface area contributed by atoms with Crippen molar-refractivity contribution in [3.8, 4) is 0 Å². The second kappa shape index (κ2) is 9.04. The average molecular weight is 304 g/mol. The fraction of sp³-hybridized carbons (Fsp3) is 1.00. The zero-order valence-corrected chi connectivity index (χ0v) is 14.8. The standard InChI is InChI=1S/C6H13O9P.2Na/c7-1-2-3(8)4(9)5(10)6(14-2)15-16(11,12)13;;/h2-10H,1H2,(H2,11,12,13);;/q;2*+1/p-2/t2-,3-,4+,5+,6-;;/m1../s1. The summed E-state index contributed by atoms with van der Waals surface area (Å²) in [5, 5.41) is 36.5. The smallest absolute Gasteiger partial charge is 0.790 e. The van der Waals surface area contributed by atoms with E-state index >= 15 is 0 Å². The van der Waals surface area contributed by atoms with Crippen molar-refractivity contribution in [2.45, 2.75) is 30.7 Å². The predicted molar refractivity (Wildman–Crippen MR) is 42.5 cm³/mol. The number of ether oxygens (including phenoxy) is 1. The number of rotatable bonds is 3. The summed E-state index contributed by atoms with van der Waals surface area (Å²) in [4.78, 5) is 20.6. The first-order chi connectivity index (χ1) is 7.26. The van der Waals surface area contributed by atoms with E-state index in [2.05, 4.69) is 9.26 Å². The van der Waals surface area contributed by atoms with E-state index in [-0.39, 0.29) is 59.1 Å². The molecule has 0 aromatic heterocycles. The minimum absolute atomic E-state index is 0. The molecule has 0 saturated carbocycles. The van der Waals surface area contributed by atoms with Gasteiger partial charge < -0.3 is 44.0 Å².